The van der Waals surface area contributed by atoms with Gasteiger partial charge >= 0.3 is 0 Å². The molecule has 1 saturated heterocycles. The summed E-state index contributed by atoms with van der Waals surface area (Å²) in [7, 11) is 0. The highest BCUT2D eigenvalue weighted by Gasteiger charge is 2.21. The van der Waals surface area contributed by atoms with Crippen LogP contribution < -0.4 is 5.32 Å². The van der Waals surface area contributed by atoms with Crippen LogP contribution in [0, 0.1) is 23.7 Å². The third-order valence-electron chi connectivity index (χ3n) is 6.46. The number of nitrogens with zero attached hydrogens (tertiary/aromatic N) is 3. The number of nitriles is 1. The molecule has 184 valence electrons. The fourth-order valence-electron chi connectivity index (χ4n) is 4.34. The quantitative estimate of drug-likeness (QED) is 0.402. The lowest BCUT2D eigenvalue weighted by molar-refractivity contribution is 0.0174. The van der Waals surface area contributed by atoms with Crippen molar-refractivity contribution in [2.75, 3.05) is 31.6 Å². The van der Waals surface area contributed by atoms with Crippen LogP contribution in [0.5, 0.6) is 0 Å². The van der Waals surface area contributed by atoms with E-state index in [2.05, 4.69) is 48.6 Å². The standard InChI is InChI=1S/C29H36N4O2/c1-20-16-22(18-30)17-26-27(20)35-28(32-26)23-6-8-24(9-7-23)31-21(2)19-34-25-10-13-33(14-11-25)15-12-29(3,4)5/h6-9,16-17,25,31H,2,10-15,19H2,1,3-5H3. The second-order valence-electron chi connectivity index (χ2n) is 10.7. The Kier molecular flexibility index (Phi) is 7.59. The Balaban J connectivity index is 1.26. The molecule has 1 aliphatic rings. The van der Waals surface area contributed by atoms with Crippen molar-refractivity contribution in [3.63, 3.8) is 0 Å². The second-order valence-corrected chi connectivity index (χ2v) is 10.7. The lowest BCUT2D eigenvalue weighted by atomic mass is 9.91. The minimum Gasteiger partial charge on any atom is -0.436 e. The van der Waals surface area contributed by atoms with Crippen LogP contribution in [0.15, 0.2) is 53.1 Å². The Bertz CT molecular complexity index is 1210. The summed E-state index contributed by atoms with van der Waals surface area (Å²) in [4.78, 5) is 7.13. The Hall–Kier alpha value is -3.14. The van der Waals surface area contributed by atoms with Crippen LogP contribution in [0.2, 0.25) is 0 Å². The van der Waals surface area contributed by atoms with Crippen LogP contribution >= 0.6 is 0 Å². The number of hydrogen-bond donors (Lipinski definition) is 1. The van der Waals surface area contributed by atoms with E-state index in [1.807, 2.05) is 37.3 Å². The molecule has 1 fully saturated rings. The van der Waals surface area contributed by atoms with E-state index in [9.17, 15) is 5.26 Å². The van der Waals surface area contributed by atoms with Crippen molar-refractivity contribution in [1.29, 1.82) is 5.26 Å². The predicted molar refractivity (Wildman–Crippen MR) is 141 cm³/mol. The average Bonchev–Trinajstić information content (AvgIpc) is 3.27. The molecule has 0 radical (unpaired) electrons. The molecule has 2 aromatic carbocycles. The summed E-state index contributed by atoms with van der Waals surface area (Å²) in [5.74, 6) is 0.542. The van der Waals surface area contributed by atoms with Gasteiger partial charge in [-0.25, -0.2) is 4.98 Å². The molecular weight excluding hydrogens is 436 g/mol. The zero-order valence-corrected chi connectivity index (χ0v) is 21.4. The SMILES string of the molecule is C=C(COC1CCN(CCC(C)(C)C)CC1)Nc1ccc(-c2nc3cc(C#N)cc(C)c3o2)cc1. The van der Waals surface area contributed by atoms with E-state index in [4.69, 9.17) is 9.15 Å². The number of piperidine rings is 1. The molecule has 1 aliphatic heterocycles. The summed E-state index contributed by atoms with van der Waals surface area (Å²) in [6.07, 6.45) is 3.68. The maximum absolute atomic E-state index is 9.18. The van der Waals surface area contributed by atoms with Crippen molar-refractivity contribution in [2.45, 2.75) is 53.1 Å². The van der Waals surface area contributed by atoms with Crippen molar-refractivity contribution in [3.8, 4) is 17.5 Å². The van der Waals surface area contributed by atoms with Crippen molar-refractivity contribution >= 4 is 16.8 Å². The summed E-state index contributed by atoms with van der Waals surface area (Å²) in [6.45, 7) is 16.9. The molecule has 0 atom stereocenters. The number of oxazole rings is 1. The maximum atomic E-state index is 9.18. The zero-order chi connectivity index (χ0) is 25.0. The van der Waals surface area contributed by atoms with Gasteiger partial charge in [0.15, 0.2) is 5.58 Å². The molecule has 3 aromatic rings. The van der Waals surface area contributed by atoms with Gasteiger partial charge in [-0.2, -0.15) is 5.26 Å². The van der Waals surface area contributed by atoms with Gasteiger partial charge in [0.25, 0.3) is 0 Å². The highest BCUT2D eigenvalue weighted by molar-refractivity contribution is 5.81. The molecule has 0 spiro atoms. The number of anilines is 1. The number of ether oxygens (including phenoxy) is 1. The van der Waals surface area contributed by atoms with Gasteiger partial charge in [0.05, 0.1) is 24.3 Å². The van der Waals surface area contributed by atoms with E-state index >= 15 is 0 Å². The Labute approximate surface area is 208 Å². The molecule has 0 saturated carbocycles. The van der Waals surface area contributed by atoms with Crippen LogP contribution in [-0.2, 0) is 4.74 Å². The number of rotatable bonds is 8. The highest BCUT2D eigenvalue weighted by atomic mass is 16.5. The first-order chi connectivity index (χ1) is 16.7. The van der Waals surface area contributed by atoms with Gasteiger partial charge in [-0.1, -0.05) is 27.4 Å². The van der Waals surface area contributed by atoms with E-state index in [1.54, 1.807) is 6.07 Å². The molecule has 1 N–H and O–H groups in total. The Morgan fingerprint density at radius 3 is 2.60 bits per heavy atom. The number of likely N-dealkylation sites (tertiary alicyclic amines) is 1. The summed E-state index contributed by atoms with van der Waals surface area (Å²) < 4.78 is 12.1. The third-order valence-corrected chi connectivity index (χ3v) is 6.46. The molecule has 0 unspecified atom stereocenters. The lowest BCUT2D eigenvalue weighted by Gasteiger charge is -2.33. The van der Waals surface area contributed by atoms with Crippen molar-refractivity contribution in [1.82, 2.24) is 9.88 Å². The van der Waals surface area contributed by atoms with E-state index in [0.29, 0.717) is 40.7 Å². The summed E-state index contributed by atoms with van der Waals surface area (Å²) >= 11 is 0. The van der Waals surface area contributed by atoms with Crippen molar-refractivity contribution < 1.29 is 9.15 Å². The fourth-order valence-corrected chi connectivity index (χ4v) is 4.34. The van der Waals surface area contributed by atoms with Crippen molar-refractivity contribution in [2.24, 2.45) is 5.41 Å². The van der Waals surface area contributed by atoms with Gasteiger partial charge in [-0.05, 0) is 80.1 Å². The molecule has 0 amide bonds. The van der Waals surface area contributed by atoms with Crippen LogP contribution in [0.3, 0.4) is 0 Å². The fraction of sp³-hybridized carbons (Fsp3) is 0.448. The Morgan fingerprint density at radius 2 is 1.94 bits per heavy atom. The maximum Gasteiger partial charge on any atom is 0.227 e. The smallest absolute Gasteiger partial charge is 0.227 e. The zero-order valence-electron chi connectivity index (χ0n) is 21.4. The number of aryl methyl sites for hydroxylation is 1. The number of nitrogens with one attached hydrogen (secondary N) is 1. The van der Waals surface area contributed by atoms with Crippen LogP contribution in [0.25, 0.3) is 22.6 Å². The summed E-state index contributed by atoms with van der Waals surface area (Å²) in [5.41, 5.74) is 5.96. The first kappa shape index (κ1) is 25.0. The monoisotopic (exact) mass is 472 g/mol. The molecule has 4 rings (SSSR count). The van der Waals surface area contributed by atoms with E-state index in [-0.39, 0.29) is 0 Å². The highest BCUT2D eigenvalue weighted by Crippen LogP contribution is 2.28. The number of hydrogen-bond acceptors (Lipinski definition) is 6. The first-order valence-electron chi connectivity index (χ1n) is 12.4. The second kappa shape index (κ2) is 10.6. The largest absolute Gasteiger partial charge is 0.436 e. The van der Waals surface area contributed by atoms with Gasteiger partial charge < -0.3 is 19.4 Å². The molecule has 1 aromatic heterocycles. The molecule has 6 nitrogen and oxygen atoms in total. The summed E-state index contributed by atoms with van der Waals surface area (Å²) in [6, 6.07) is 13.6. The van der Waals surface area contributed by atoms with Crippen molar-refractivity contribution in [3.05, 3.63) is 59.8 Å². The van der Waals surface area contributed by atoms with Gasteiger partial charge in [0.2, 0.25) is 5.89 Å². The van der Waals surface area contributed by atoms with Crippen LogP contribution in [-0.4, -0.2) is 42.2 Å². The lowest BCUT2D eigenvalue weighted by Crippen LogP contribution is -2.38. The molecule has 6 heteroatoms. The molecule has 35 heavy (non-hydrogen) atoms. The minimum absolute atomic E-state index is 0.297. The molecule has 0 aliphatic carbocycles. The van der Waals surface area contributed by atoms with Gasteiger partial charge in [-0.15, -0.1) is 0 Å². The van der Waals surface area contributed by atoms with Crippen LogP contribution in [0.1, 0.15) is 51.2 Å². The number of benzene rings is 2. The van der Waals surface area contributed by atoms with E-state index in [0.717, 1.165) is 48.4 Å². The van der Waals surface area contributed by atoms with E-state index in [1.165, 1.54) is 13.0 Å². The molecule has 2 heterocycles. The molecular formula is C29H36N4O2. The minimum atomic E-state index is 0.297. The third kappa shape index (κ3) is 6.72. The number of aromatic nitrogens is 1. The normalized spacial score (nSPS) is 15.3. The molecule has 0 bridgehead atoms. The van der Waals surface area contributed by atoms with E-state index < -0.39 is 0 Å². The van der Waals surface area contributed by atoms with Gasteiger partial charge in [-0.3, -0.25) is 0 Å². The Morgan fingerprint density at radius 1 is 1.23 bits per heavy atom. The average molecular weight is 473 g/mol. The van der Waals surface area contributed by atoms with Crippen LogP contribution in [0.4, 0.5) is 5.69 Å². The van der Waals surface area contributed by atoms with Gasteiger partial charge in [0, 0.05) is 30.0 Å². The topological polar surface area (TPSA) is 74.3 Å². The number of fused-ring (bicyclic) bond motifs is 1. The first-order valence-corrected chi connectivity index (χ1v) is 12.4. The van der Waals surface area contributed by atoms with Gasteiger partial charge in [0.1, 0.15) is 5.52 Å². The summed E-state index contributed by atoms with van der Waals surface area (Å²) in [5, 5.41) is 12.5. The predicted octanol–water partition coefficient (Wildman–Crippen LogP) is 6.52.